The van der Waals surface area contributed by atoms with E-state index < -0.39 is 28.5 Å². The number of benzene rings is 3. The third-order valence-corrected chi connectivity index (χ3v) is 8.38. The van der Waals surface area contributed by atoms with E-state index in [1.807, 2.05) is 0 Å². The Hall–Kier alpha value is -3.27. The molecular formula is C27H29Cl2N3O5S. The number of rotatable bonds is 11. The van der Waals surface area contributed by atoms with Crippen LogP contribution < -0.4 is 14.4 Å². The van der Waals surface area contributed by atoms with Gasteiger partial charge in [0.2, 0.25) is 11.8 Å². The van der Waals surface area contributed by atoms with Gasteiger partial charge in [-0.1, -0.05) is 48.3 Å². The topological polar surface area (TPSA) is 96.0 Å². The molecule has 2 amide bonds. The number of halogens is 2. The Bertz CT molecular complexity index is 1370. The highest BCUT2D eigenvalue weighted by molar-refractivity contribution is 7.92. The van der Waals surface area contributed by atoms with E-state index in [2.05, 4.69) is 5.32 Å². The van der Waals surface area contributed by atoms with Crippen molar-refractivity contribution >= 4 is 50.7 Å². The average Bonchev–Trinajstić information content (AvgIpc) is 2.92. The van der Waals surface area contributed by atoms with Crippen LogP contribution in [-0.4, -0.2) is 51.9 Å². The molecule has 0 fully saturated rings. The van der Waals surface area contributed by atoms with Crippen molar-refractivity contribution in [3.8, 4) is 5.75 Å². The Morgan fingerprint density at radius 1 is 0.974 bits per heavy atom. The summed E-state index contributed by atoms with van der Waals surface area (Å²) in [4.78, 5) is 27.9. The SMILES string of the molecule is CC[C@H](C(=O)NC)N(Cc1ccccc1Cl)C(=O)CN(c1ccc(Cl)cc1)S(=O)(=O)c1ccc(OC)cc1. The van der Waals surface area contributed by atoms with E-state index >= 15 is 0 Å². The molecule has 11 heteroatoms. The Balaban J connectivity index is 2.06. The third kappa shape index (κ3) is 6.78. The van der Waals surface area contributed by atoms with Crippen LogP contribution in [0.2, 0.25) is 10.0 Å². The van der Waals surface area contributed by atoms with Gasteiger partial charge >= 0.3 is 0 Å². The number of nitrogens with zero attached hydrogens (tertiary/aromatic N) is 2. The maximum Gasteiger partial charge on any atom is 0.264 e. The molecule has 8 nitrogen and oxygen atoms in total. The van der Waals surface area contributed by atoms with Crippen LogP contribution in [0.1, 0.15) is 18.9 Å². The van der Waals surface area contributed by atoms with E-state index in [-0.39, 0.29) is 23.0 Å². The molecule has 1 atom stereocenters. The van der Waals surface area contributed by atoms with E-state index in [0.717, 1.165) is 4.31 Å². The summed E-state index contributed by atoms with van der Waals surface area (Å²) in [6, 6.07) is 18.1. The fourth-order valence-corrected chi connectivity index (χ4v) is 5.64. The fraction of sp³-hybridized carbons (Fsp3) is 0.259. The smallest absolute Gasteiger partial charge is 0.264 e. The standard InChI is InChI=1S/C27H29Cl2N3O5S/c1-4-25(27(34)30-2)31(17-19-7-5-6-8-24(19)29)26(33)18-32(21-11-9-20(28)10-12-21)38(35,36)23-15-13-22(37-3)14-16-23/h5-16,25H,4,17-18H2,1-3H3,(H,30,34)/t25-/m1/s1. The Kier molecular flexibility index (Phi) is 10.0. The number of sulfonamides is 1. The van der Waals surface area contributed by atoms with E-state index in [1.165, 1.54) is 55.5 Å². The summed E-state index contributed by atoms with van der Waals surface area (Å²) in [6.07, 6.45) is 0.308. The molecule has 3 rings (SSSR count). The molecule has 38 heavy (non-hydrogen) atoms. The number of likely N-dealkylation sites (N-methyl/N-ethyl adjacent to an activating group) is 1. The van der Waals surface area contributed by atoms with Crippen LogP contribution in [-0.2, 0) is 26.2 Å². The Morgan fingerprint density at radius 2 is 1.61 bits per heavy atom. The second-order valence-electron chi connectivity index (χ2n) is 8.31. The average molecular weight is 579 g/mol. The lowest BCUT2D eigenvalue weighted by Crippen LogP contribution is -2.51. The molecule has 0 aliphatic heterocycles. The van der Waals surface area contributed by atoms with Crippen molar-refractivity contribution in [1.82, 2.24) is 10.2 Å². The molecule has 0 saturated heterocycles. The number of anilines is 1. The monoisotopic (exact) mass is 577 g/mol. The molecule has 3 aromatic carbocycles. The number of nitrogens with one attached hydrogen (secondary N) is 1. The molecule has 0 heterocycles. The van der Waals surface area contributed by atoms with Gasteiger partial charge in [-0.05, 0) is 66.6 Å². The summed E-state index contributed by atoms with van der Waals surface area (Å²) < 4.78 is 33.7. The highest BCUT2D eigenvalue weighted by Gasteiger charge is 2.33. The van der Waals surface area contributed by atoms with Crippen LogP contribution in [0.25, 0.3) is 0 Å². The molecule has 0 aliphatic carbocycles. The predicted octanol–water partition coefficient (Wildman–Crippen LogP) is 4.75. The molecule has 3 aromatic rings. The Labute approximate surface area is 233 Å². The lowest BCUT2D eigenvalue weighted by atomic mass is 10.1. The van der Waals surface area contributed by atoms with Gasteiger partial charge in [-0.2, -0.15) is 0 Å². The molecule has 0 aliphatic rings. The normalized spacial score (nSPS) is 11.9. The van der Waals surface area contributed by atoms with Gasteiger partial charge < -0.3 is 15.0 Å². The summed E-state index contributed by atoms with van der Waals surface area (Å²) in [6.45, 7) is 1.23. The van der Waals surface area contributed by atoms with Gasteiger partial charge in [0.1, 0.15) is 18.3 Å². The van der Waals surface area contributed by atoms with Crippen LogP contribution >= 0.6 is 23.2 Å². The summed E-state index contributed by atoms with van der Waals surface area (Å²) >= 11 is 12.4. The fourth-order valence-electron chi connectivity index (χ4n) is 3.91. The van der Waals surface area contributed by atoms with E-state index in [1.54, 1.807) is 43.3 Å². The van der Waals surface area contributed by atoms with Crippen molar-refractivity contribution in [2.75, 3.05) is 25.0 Å². The number of amides is 2. The van der Waals surface area contributed by atoms with Crippen molar-refractivity contribution in [2.45, 2.75) is 30.8 Å². The van der Waals surface area contributed by atoms with E-state index in [9.17, 15) is 18.0 Å². The molecule has 0 saturated carbocycles. The minimum atomic E-state index is -4.20. The van der Waals surface area contributed by atoms with Gasteiger partial charge in [-0.15, -0.1) is 0 Å². The number of methoxy groups -OCH3 is 1. The molecule has 0 radical (unpaired) electrons. The van der Waals surface area contributed by atoms with Crippen LogP contribution in [0.4, 0.5) is 5.69 Å². The lowest BCUT2D eigenvalue weighted by molar-refractivity contribution is -0.140. The molecule has 1 N–H and O–H groups in total. The summed E-state index contributed by atoms with van der Waals surface area (Å²) in [5, 5.41) is 3.42. The van der Waals surface area contributed by atoms with Crippen molar-refractivity contribution in [1.29, 1.82) is 0 Å². The highest BCUT2D eigenvalue weighted by atomic mass is 35.5. The largest absolute Gasteiger partial charge is 0.497 e. The van der Waals surface area contributed by atoms with Crippen molar-refractivity contribution in [3.05, 3.63) is 88.4 Å². The highest BCUT2D eigenvalue weighted by Crippen LogP contribution is 2.27. The van der Waals surface area contributed by atoms with Gasteiger partial charge in [0, 0.05) is 23.6 Å². The van der Waals surface area contributed by atoms with Crippen molar-refractivity contribution in [2.24, 2.45) is 0 Å². The first-order chi connectivity index (χ1) is 18.1. The first kappa shape index (κ1) is 29.3. The Morgan fingerprint density at radius 3 is 2.16 bits per heavy atom. The number of hydrogen-bond acceptors (Lipinski definition) is 5. The number of carbonyl (C=O) groups is 2. The van der Waals surface area contributed by atoms with Gasteiger partial charge in [-0.3, -0.25) is 13.9 Å². The molecule has 202 valence electrons. The maximum atomic E-state index is 13.9. The number of ether oxygens (including phenoxy) is 1. The van der Waals surface area contributed by atoms with Crippen LogP contribution in [0.15, 0.2) is 77.7 Å². The number of hydrogen-bond donors (Lipinski definition) is 1. The minimum absolute atomic E-state index is 0.0154. The van der Waals surface area contributed by atoms with Crippen molar-refractivity contribution < 1.29 is 22.7 Å². The van der Waals surface area contributed by atoms with Crippen LogP contribution in [0.5, 0.6) is 5.75 Å². The first-order valence-electron chi connectivity index (χ1n) is 11.8. The van der Waals surface area contributed by atoms with Crippen LogP contribution in [0.3, 0.4) is 0 Å². The third-order valence-electron chi connectivity index (χ3n) is 5.97. The molecule has 0 unspecified atom stereocenters. The van der Waals surface area contributed by atoms with Gasteiger partial charge in [-0.25, -0.2) is 8.42 Å². The first-order valence-corrected chi connectivity index (χ1v) is 14.0. The van der Waals surface area contributed by atoms with Gasteiger partial charge in [0.25, 0.3) is 10.0 Å². The zero-order chi connectivity index (χ0) is 27.9. The second-order valence-corrected chi connectivity index (χ2v) is 11.0. The van der Waals surface area contributed by atoms with E-state index in [0.29, 0.717) is 27.8 Å². The summed E-state index contributed by atoms with van der Waals surface area (Å²) in [7, 11) is -1.24. The molecule has 0 aromatic heterocycles. The quantitative estimate of drug-likeness (QED) is 0.354. The lowest BCUT2D eigenvalue weighted by Gasteiger charge is -2.33. The zero-order valence-corrected chi connectivity index (χ0v) is 23.6. The summed E-state index contributed by atoms with van der Waals surface area (Å²) in [5.41, 5.74) is 0.866. The van der Waals surface area contributed by atoms with Crippen molar-refractivity contribution in [3.63, 3.8) is 0 Å². The predicted molar refractivity (Wildman–Crippen MR) is 149 cm³/mol. The zero-order valence-electron chi connectivity index (χ0n) is 21.2. The van der Waals surface area contributed by atoms with E-state index in [4.69, 9.17) is 27.9 Å². The number of carbonyl (C=O) groups excluding carboxylic acids is 2. The molecular weight excluding hydrogens is 549 g/mol. The summed E-state index contributed by atoms with van der Waals surface area (Å²) in [5.74, 6) is -0.461. The molecule has 0 spiro atoms. The molecule has 0 bridgehead atoms. The van der Waals surface area contributed by atoms with Crippen LogP contribution in [0, 0.1) is 0 Å². The van der Waals surface area contributed by atoms with Gasteiger partial charge in [0.15, 0.2) is 0 Å². The second kappa shape index (κ2) is 13.0. The van der Waals surface area contributed by atoms with Gasteiger partial charge in [0.05, 0.1) is 17.7 Å². The minimum Gasteiger partial charge on any atom is -0.497 e. The maximum absolute atomic E-state index is 13.9.